The summed E-state index contributed by atoms with van der Waals surface area (Å²) in [6, 6.07) is 12.8. The summed E-state index contributed by atoms with van der Waals surface area (Å²) in [5, 5.41) is 2.38. The van der Waals surface area contributed by atoms with Crippen molar-refractivity contribution in [3.05, 3.63) is 60.1 Å². The van der Waals surface area contributed by atoms with E-state index < -0.39 is 0 Å². The Morgan fingerprint density at radius 3 is 2.55 bits per heavy atom. The average Bonchev–Trinajstić information content (AvgIpc) is 3.19. The van der Waals surface area contributed by atoms with Crippen LogP contribution in [0.4, 0.5) is 0 Å². The molecule has 0 fully saturated rings. The molecule has 0 aliphatic carbocycles. The summed E-state index contributed by atoms with van der Waals surface area (Å²) in [4.78, 5) is 0. The lowest BCUT2D eigenvalue weighted by atomic mass is 9.98. The van der Waals surface area contributed by atoms with Crippen LogP contribution < -0.4 is 0 Å². The SMILES string of the molecule is CCc1cc(-c2coc3c(CC)cccc23)cc2occc12. The lowest BCUT2D eigenvalue weighted by Crippen LogP contribution is -1.85. The minimum absolute atomic E-state index is 0.940. The van der Waals surface area contributed by atoms with E-state index in [-0.39, 0.29) is 0 Å². The van der Waals surface area contributed by atoms with Crippen LogP contribution in [0.15, 0.2) is 57.8 Å². The van der Waals surface area contributed by atoms with Gasteiger partial charge in [0.2, 0.25) is 0 Å². The number of aryl methyl sites for hydroxylation is 2. The van der Waals surface area contributed by atoms with Crippen molar-refractivity contribution in [1.82, 2.24) is 0 Å². The number of furan rings is 2. The minimum Gasteiger partial charge on any atom is -0.464 e. The molecule has 0 aliphatic rings. The van der Waals surface area contributed by atoms with Gasteiger partial charge in [-0.25, -0.2) is 0 Å². The first-order valence-corrected chi connectivity index (χ1v) is 7.81. The van der Waals surface area contributed by atoms with Crippen molar-refractivity contribution in [3.63, 3.8) is 0 Å². The molecule has 4 aromatic rings. The Labute approximate surface area is 129 Å². The fourth-order valence-electron chi connectivity index (χ4n) is 3.21. The highest BCUT2D eigenvalue weighted by molar-refractivity contribution is 5.98. The van der Waals surface area contributed by atoms with Gasteiger partial charge in [0.1, 0.15) is 11.2 Å². The highest BCUT2D eigenvalue weighted by Gasteiger charge is 2.13. The summed E-state index contributed by atoms with van der Waals surface area (Å²) in [7, 11) is 0. The Morgan fingerprint density at radius 1 is 0.864 bits per heavy atom. The predicted octanol–water partition coefficient (Wildman–Crippen LogP) is 5.97. The summed E-state index contributed by atoms with van der Waals surface area (Å²) >= 11 is 0. The van der Waals surface area contributed by atoms with Crippen LogP contribution in [-0.4, -0.2) is 0 Å². The first kappa shape index (κ1) is 13.2. The molecule has 2 aromatic heterocycles. The van der Waals surface area contributed by atoms with Gasteiger partial charge in [-0.1, -0.05) is 38.1 Å². The van der Waals surface area contributed by atoms with Crippen LogP contribution in [-0.2, 0) is 12.8 Å². The van der Waals surface area contributed by atoms with Crippen LogP contribution in [0, 0.1) is 0 Å². The summed E-state index contributed by atoms with van der Waals surface area (Å²) in [5.74, 6) is 0. The molecule has 0 atom stereocenters. The molecule has 4 rings (SSSR count). The molecular weight excluding hydrogens is 272 g/mol. The summed E-state index contributed by atoms with van der Waals surface area (Å²) < 4.78 is 11.5. The molecule has 2 nitrogen and oxygen atoms in total. The van der Waals surface area contributed by atoms with E-state index in [0.29, 0.717) is 0 Å². The molecule has 22 heavy (non-hydrogen) atoms. The van der Waals surface area contributed by atoms with Gasteiger partial charge in [0, 0.05) is 16.3 Å². The van der Waals surface area contributed by atoms with Gasteiger partial charge >= 0.3 is 0 Å². The first-order valence-electron chi connectivity index (χ1n) is 7.81. The normalized spacial score (nSPS) is 11.5. The number of rotatable bonds is 3. The fraction of sp³-hybridized carbons (Fsp3) is 0.200. The average molecular weight is 290 g/mol. The molecule has 0 unspecified atom stereocenters. The van der Waals surface area contributed by atoms with Crippen molar-refractivity contribution in [2.75, 3.05) is 0 Å². The van der Waals surface area contributed by atoms with E-state index in [2.05, 4.69) is 44.2 Å². The van der Waals surface area contributed by atoms with Gasteiger partial charge in [0.05, 0.1) is 12.5 Å². The maximum Gasteiger partial charge on any atom is 0.137 e. The van der Waals surface area contributed by atoms with Gasteiger partial charge in [0.15, 0.2) is 0 Å². The second-order valence-electron chi connectivity index (χ2n) is 5.62. The third-order valence-corrected chi connectivity index (χ3v) is 4.41. The van der Waals surface area contributed by atoms with Gasteiger partial charge in [0.25, 0.3) is 0 Å². The monoisotopic (exact) mass is 290 g/mol. The van der Waals surface area contributed by atoms with Crippen LogP contribution in [0.3, 0.4) is 0 Å². The second kappa shape index (κ2) is 5.06. The van der Waals surface area contributed by atoms with Crippen molar-refractivity contribution in [2.45, 2.75) is 26.7 Å². The molecule has 0 saturated carbocycles. The quantitative estimate of drug-likeness (QED) is 0.464. The van der Waals surface area contributed by atoms with E-state index in [1.807, 2.05) is 12.3 Å². The topological polar surface area (TPSA) is 26.3 Å². The Bertz CT molecular complexity index is 956. The zero-order chi connectivity index (χ0) is 15.1. The zero-order valence-electron chi connectivity index (χ0n) is 12.8. The van der Waals surface area contributed by atoms with Crippen LogP contribution in [0.5, 0.6) is 0 Å². The fourth-order valence-corrected chi connectivity index (χ4v) is 3.21. The lowest BCUT2D eigenvalue weighted by Gasteiger charge is -2.05. The lowest BCUT2D eigenvalue weighted by molar-refractivity contribution is 0.612. The molecule has 0 amide bonds. The van der Waals surface area contributed by atoms with E-state index in [1.54, 1.807) is 6.26 Å². The largest absolute Gasteiger partial charge is 0.464 e. The molecule has 0 spiro atoms. The number of hydrogen-bond acceptors (Lipinski definition) is 2. The molecular formula is C20H18O2. The third kappa shape index (κ3) is 1.87. The van der Waals surface area contributed by atoms with Crippen molar-refractivity contribution < 1.29 is 8.83 Å². The van der Waals surface area contributed by atoms with E-state index in [9.17, 15) is 0 Å². The molecule has 2 aromatic carbocycles. The number of hydrogen-bond donors (Lipinski definition) is 0. The molecule has 110 valence electrons. The summed E-state index contributed by atoms with van der Waals surface area (Å²) in [6.45, 7) is 4.33. The third-order valence-electron chi connectivity index (χ3n) is 4.41. The van der Waals surface area contributed by atoms with Crippen molar-refractivity contribution in [1.29, 1.82) is 0 Å². The van der Waals surface area contributed by atoms with Crippen molar-refractivity contribution in [2.24, 2.45) is 0 Å². The summed E-state index contributed by atoms with van der Waals surface area (Å²) in [5.41, 5.74) is 6.79. The van der Waals surface area contributed by atoms with Gasteiger partial charge in [-0.05, 0) is 41.7 Å². The number of fused-ring (bicyclic) bond motifs is 2. The number of benzene rings is 2. The maximum absolute atomic E-state index is 5.86. The Kier molecular flexibility index (Phi) is 3.04. The van der Waals surface area contributed by atoms with E-state index in [1.165, 1.54) is 21.9 Å². The maximum atomic E-state index is 5.86. The van der Waals surface area contributed by atoms with E-state index in [4.69, 9.17) is 8.83 Å². The zero-order valence-corrected chi connectivity index (χ0v) is 12.8. The standard InChI is InChI=1S/C20H18O2/c1-3-13-6-5-7-17-18(12-22-20(13)17)15-10-14(4-2)16-8-9-21-19(16)11-15/h5-12H,3-4H2,1-2H3. The van der Waals surface area contributed by atoms with E-state index in [0.717, 1.165) is 35.1 Å². The summed E-state index contributed by atoms with van der Waals surface area (Å²) in [6.07, 6.45) is 5.59. The molecule has 0 saturated heterocycles. The molecule has 0 aliphatic heterocycles. The highest BCUT2D eigenvalue weighted by Crippen LogP contribution is 2.35. The van der Waals surface area contributed by atoms with Crippen LogP contribution >= 0.6 is 0 Å². The minimum atomic E-state index is 0.940. The van der Waals surface area contributed by atoms with Gasteiger partial charge in [-0.2, -0.15) is 0 Å². The van der Waals surface area contributed by atoms with Gasteiger partial charge < -0.3 is 8.83 Å². The second-order valence-corrected chi connectivity index (χ2v) is 5.62. The molecule has 2 heterocycles. The van der Waals surface area contributed by atoms with Crippen molar-refractivity contribution in [3.8, 4) is 11.1 Å². The molecule has 0 radical (unpaired) electrons. The smallest absolute Gasteiger partial charge is 0.137 e. The van der Waals surface area contributed by atoms with Crippen molar-refractivity contribution >= 4 is 21.9 Å². The molecule has 2 heteroatoms. The van der Waals surface area contributed by atoms with Crippen LogP contribution in [0.2, 0.25) is 0 Å². The number of para-hydroxylation sites is 1. The van der Waals surface area contributed by atoms with Crippen LogP contribution in [0.1, 0.15) is 25.0 Å². The van der Waals surface area contributed by atoms with E-state index >= 15 is 0 Å². The van der Waals surface area contributed by atoms with Crippen LogP contribution in [0.25, 0.3) is 33.1 Å². The van der Waals surface area contributed by atoms with Gasteiger partial charge in [-0.3, -0.25) is 0 Å². The molecule has 0 N–H and O–H groups in total. The van der Waals surface area contributed by atoms with Gasteiger partial charge in [-0.15, -0.1) is 0 Å². The highest BCUT2D eigenvalue weighted by atomic mass is 16.3. The Morgan fingerprint density at radius 2 is 1.73 bits per heavy atom. The Balaban J connectivity index is 1.99. The molecule has 0 bridgehead atoms. The predicted molar refractivity (Wildman–Crippen MR) is 90.2 cm³/mol. The Hall–Kier alpha value is -2.48. The first-order chi connectivity index (χ1) is 10.8.